The van der Waals surface area contributed by atoms with Crippen molar-refractivity contribution in [2.24, 2.45) is 0 Å². The molecular formula is C17H28N2O2. The minimum absolute atomic E-state index is 0.507. The Morgan fingerprint density at radius 3 is 2.67 bits per heavy atom. The van der Waals surface area contributed by atoms with Gasteiger partial charge in [0.1, 0.15) is 0 Å². The minimum atomic E-state index is 0.507. The molecule has 4 heteroatoms. The van der Waals surface area contributed by atoms with Crippen LogP contribution in [0.3, 0.4) is 0 Å². The van der Waals surface area contributed by atoms with E-state index in [0.29, 0.717) is 12.1 Å². The van der Waals surface area contributed by atoms with Crippen LogP contribution in [0, 0.1) is 0 Å². The molecule has 1 aromatic carbocycles. The van der Waals surface area contributed by atoms with Crippen molar-refractivity contribution in [3.8, 4) is 11.5 Å². The molecule has 1 saturated heterocycles. The van der Waals surface area contributed by atoms with Gasteiger partial charge in [0.15, 0.2) is 11.5 Å². The third kappa shape index (κ3) is 4.11. The lowest BCUT2D eigenvalue weighted by Crippen LogP contribution is -2.48. The average Bonchev–Trinajstić information content (AvgIpc) is 2.54. The van der Waals surface area contributed by atoms with Crippen LogP contribution in [0.5, 0.6) is 11.5 Å². The van der Waals surface area contributed by atoms with Crippen LogP contribution in [0.25, 0.3) is 0 Å². The van der Waals surface area contributed by atoms with Crippen molar-refractivity contribution in [2.45, 2.75) is 38.3 Å². The summed E-state index contributed by atoms with van der Waals surface area (Å²) in [6.45, 7) is 4.56. The maximum Gasteiger partial charge on any atom is 0.160 e. The van der Waals surface area contributed by atoms with Crippen molar-refractivity contribution < 1.29 is 9.47 Å². The van der Waals surface area contributed by atoms with Crippen LogP contribution in [0.4, 0.5) is 0 Å². The van der Waals surface area contributed by atoms with Crippen molar-refractivity contribution >= 4 is 0 Å². The van der Waals surface area contributed by atoms with E-state index in [4.69, 9.17) is 9.47 Å². The van der Waals surface area contributed by atoms with E-state index in [1.54, 1.807) is 14.2 Å². The molecule has 0 aromatic heterocycles. The number of nitrogens with one attached hydrogen (secondary N) is 1. The van der Waals surface area contributed by atoms with Crippen LogP contribution in [0.1, 0.15) is 25.3 Å². The van der Waals surface area contributed by atoms with E-state index >= 15 is 0 Å². The normalized spacial score (nSPS) is 20.3. The number of hydrogen-bond donors (Lipinski definition) is 1. The van der Waals surface area contributed by atoms with Crippen LogP contribution >= 0.6 is 0 Å². The van der Waals surface area contributed by atoms with E-state index in [2.05, 4.69) is 36.3 Å². The Hall–Kier alpha value is -1.26. The Balaban J connectivity index is 1.99. The molecule has 118 valence electrons. The summed E-state index contributed by atoms with van der Waals surface area (Å²) in [5.74, 6) is 1.60. The van der Waals surface area contributed by atoms with Gasteiger partial charge in [0.2, 0.25) is 0 Å². The van der Waals surface area contributed by atoms with Crippen LogP contribution in [-0.2, 0) is 6.42 Å². The van der Waals surface area contributed by atoms with Gasteiger partial charge in [-0.2, -0.15) is 0 Å². The highest BCUT2D eigenvalue weighted by Gasteiger charge is 2.22. The van der Waals surface area contributed by atoms with Crippen molar-refractivity contribution in [3.63, 3.8) is 0 Å². The second-order valence-corrected chi connectivity index (χ2v) is 5.91. The molecule has 2 rings (SSSR count). The van der Waals surface area contributed by atoms with Gasteiger partial charge in [-0.1, -0.05) is 6.07 Å². The van der Waals surface area contributed by atoms with Gasteiger partial charge >= 0.3 is 0 Å². The maximum absolute atomic E-state index is 5.39. The Labute approximate surface area is 128 Å². The van der Waals surface area contributed by atoms with E-state index in [0.717, 1.165) is 31.0 Å². The number of nitrogens with zero attached hydrogens (tertiary/aromatic N) is 1. The van der Waals surface area contributed by atoms with Crippen LogP contribution in [-0.4, -0.2) is 51.3 Å². The molecule has 2 atom stereocenters. The van der Waals surface area contributed by atoms with Crippen LogP contribution < -0.4 is 14.8 Å². The van der Waals surface area contributed by atoms with Gasteiger partial charge in [-0.15, -0.1) is 0 Å². The molecule has 4 nitrogen and oxygen atoms in total. The molecule has 0 amide bonds. The molecule has 1 aliphatic heterocycles. The Bertz CT molecular complexity index is 444. The highest BCUT2D eigenvalue weighted by molar-refractivity contribution is 5.43. The smallest absolute Gasteiger partial charge is 0.160 e. The van der Waals surface area contributed by atoms with Gasteiger partial charge in [-0.05, 0) is 57.5 Å². The minimum Gasteiger partial charge on any atom is -0.493 e. The van der Waals surface area contributed by atoms with Crippen molar-refractivity contribution in [2.75, 3.05) is 34.4 Å². The molecule has 0 aliphatic carbocycles. The molecule has 1 aliphatic rings. The van der Waals surface area contributed by atoms with Crippen LogP contribution in [0.2, 0.25) is 0 Å². The molecule has 1 fully saturated rings. The molecule has 1 heterocycles. The summed E-state index contributed by atoms with van der Waals surface area (Å²) in [6.07, 6.45) is 3.59. The van der Waals surface area contributed by atoms with E-state index < -0.39 is 0 Å². The number of rotatable bonds is 6. The molecule has 2 unspecified atom stereocenters. The van der Waals surface area contributed by atoms with E-state index in [-0.39, 0.29) is 0 Å². The third-order valence-electron chi connectivity index (χ3n) is 4.52. The third-order valence-corrected chi connectivity index (χ3v) is 4.52. The van der Waals surface area contributed by atoms with Crippen molar-refractivity contribution in [3.05, 3.63) is 23.8 Å². The molecule has 0 saturated carbocycles. The number of likely N-dealkylation sites (N-methyl/N-ethyl adjacent to an activating group) is 1. The second-order valence-electron chi connectivity index (χ2n) is 5.91. The molecule has 21 heavy (non-hydrogen) atoms. The largest absolute Gasteiger partial charge is 0.493 e. The first-order chi connectivity index (χ1) is 10.2. The zero-order valence-corrected chi connectivity index (χ0v) is 13.7. The van der Waals surface area contributed by atoms with Gasteiger partial charge in [0.25, 0.3) is 0 Å². The van der Waals surface area contributed by atoms with Gasteiger partial charge in [-0.3, -0.25) is 4.90 Å². The highest BCUT2D eigenvalue weighted by atomic mass is 16.5. The summed E-state index contributed by atoms with van der Waals surface area (Å²) < 4.78 is 10.7. The standard InChI is InChI=1S/C17H28N2O2/c1-13(19(2)15-6-5-9-18-12-15)10-14-7-8-16(20-3)17(11-14)21-4/h7-8,11,13,15,18H,5-6,9-10,12H2,1-4H3. The fraction of sp³-hybridized carbons (Fsp3) is 0.647. The van der Waals surface area contributed by atoms with E-state index in [9.17, 15) is 0 Å². The molecule has 0 radical (unpaired) electrons. The quantitative estimate of drug-likeness (QED) is 0.872. The monoisotopic (exact) mass is 292 g/mol. The van der Waals surface area contributed by atoms with Crippen molar-refractivity contribution in [1.29, 1.82) is 0 Å². The lowest BCUT2D eigenvalue weighted by Gasteiger charge is -2.36. The van der Waals surface area contributed by atoms with Gasteiger partial charge < -0.3 is 14.8 Å². The fourth-order valence-corrected chi connectivity index (χ4v) is 3.03. The Kier molecular flexibility index (Phi) is 5.88. The predicted octanol–water partition coefficient (Wildman–Crippen LogP) is 2.32. The van der Waals surface area contributed by atoms with Crippen molar-refractivity contribution in [1.82, 2.24) is 10.2 Å². The zero-order chi connectivity index (χ0) is 15.2. The average molecular weight is 292 g/mol. The summed E-state index contributed by atoms with van der Waals surface area (Å²) >= 11 is 0. The number of benzene rings is 1. The SMILES string of the molecule is COc1ccc(CC(C)N(C)C2CCCNC2)cc1OC. The number of ether oxygens (including phenoxy) is 2. The number of hydrogen-bond acceptors (Lipinski definition) is 4. The lowest BCUT2D eigenvalue weighted by atomic mass is 10.0. The maximum atomic E-state index is 5.39. The number of piperidine rings is 1. The summed E-state index contributed by atoms with van der Waals surface area (Å²) in [5, 5.41) is 3.49. The molecule has 1 aromatic rings. The van der Waals surface area contributed by atoms with Gasteiger partial charge in [0.05, 0.1) is 14.2 Å². The lowest BCUT2D eigenvalue weighted by molar-refractivity contribution is 0.155. The topological polar surface area (TPSA) is 33.7 Å². The summed E-state index contributed by atoms with van der Waals surface area (Å²) in [7, 11) is 5.60. The number of methoxy groups -OCH3 is 2. The molecule has 1 N–H and O–H groups in total. The molecule has 0 spiro atoms. The zero-order valence-electron chi connectivity index (χ0n) is 13.7. The highest BCUT2D eigenvalue weighted by Crippen LogP contribution is 2.28. The summed E-state index contributed by atoms with van der Waals surface area (Å²) in [5.41, 5.74) is 1.29. The Morgan fingerprint density at radius 2 is 2.05 bits per heavy atom. The second kappa shape index (κ2) is 7.66. The first-order valence-corrected chi connectivity index (χ1v) is 7.79. The van der Waals surface area contributed by atoms with Gasteiger partial charge in [-0.25, -0.2) is 0 Å². The van der Waals surface area contributed by atoms with Gasteiger partial charge in [0, 0.05) is 18.6 Å². The first kappa shape index (κ1) is 16.1. The summed E-state index contributed by atoms with van der Waals surface area (Å²) in [4.78, 5) is 2.50. The summed E-state index contributed by atoms with van der Waals surface area (Å²) in [6, 6.07) is 7.36. The fourth-order valence-electron chi connectivity index (χ4n) is 3.03. The van der Waals surface area contributed by atoms with E-state index in [1.807, 2.05) is 6.07 Å². The Morgan fingerprint density at radius 1 is 1.29 bits per heavy atom. The molecule has 0 bridgehead atoms. The van der Waals surface area contributed by atoms with Crippen LogP contribution in [0.15, 0.2) is 18.2 Å². The first-order valence-electron chi connectivity index (χ1n) is 7.79. The predicted molar refractivity (Wildman–Crippen MR) is 86.4 cm³/mol. The van der Waals surface area contributed by atoms with E-state index in [1.165, 1.54) is 18.4 Å². The molecular weight excluding hydrogens is 264 g/mol.